The maximum atomic E-state index is 4.49. The quantitative estimate of drug-likeness (QED) is 0.916. The lowest BCUT2D eigenvalue weighted by Gasteiger charge is -2.36. The molecule has 2 atom stereocenters. The Labute approximate surface area is 123 Å². The van der Waals surface area contributed by atoms with Crippen LogP contribution in [0.25, 0.3) is 0 Å². The summed E-state index contributed by atoms with van der Waals surface area (Å²) < 4.78 is 0. The maximum Gasteiger partial charge on any atom is 0.0562 e. The Morgan fingerprint density at radius 3 is 2.50 bits per heavy atom. The highest BCUT2D eigenvalue weighted by atomic mass is 15.1. The van der Waals surface area contributed by atoms with Crippen molar-refractivity contribution in [1.82, 2.24) is 10.3 Å². The van der Waals surface area contributed by atoms with Gasteiger partial charge >= 0.3 is 0 Å². The number of aromatic nitrogens is 1. The molecule has 1 fully saturated rings. The molecule has 2 heterocycles. The second-order valence-corrected chi connectivity index (χ2v) is 7.46. The smallest absolute Gasteiger partial charge is 0.0562 e. The van der Waals surface area contributed by atoms with E-state index < -0.39 is 0 Å². The number of piperidine rings is 1. The van der Waals surface area contributed by atoms with E-state index in [1.165, 1.54) is 25.2 Å². The first-order valence-electron chi connectivity index (χ1n) is 7.78. The van der Waals surface area contributed by atoms with Crippen LogP contribution < -0.4 is 10.2 Å². The molecule has 2 unspecified atom stereocenters. The lowest BCUT2D eigenvalue weighted by molar-refractivity contribution is 0.356. The first-order valence-corrected chi connectivity index (χ1v) is 7.78. The summed E-state index contributed by atoms with van der Waals surface area (Å²) in [5.41, 5.74) is 2.58. The topological polar surface area (TPSA) is 28.2 Å². The predicted octanol–water partition coefficient (Wildman–Crippen LogP) is 3.45. The second kappa shape index (κ2) is 6.13. The number of pyridine rings is 1. The summed E-state index contributed by atoms with van der Waals surface area (Å²) in [6.07, 6.45) is 3.29. The van der Waals surface area contributed by atoms with Crippen LogP contribution in [0.3, 0.4) is 0 Å². The summed E-state index contributed by atoms with van der Waals surface area (Å²) in [4.78, 5) is 7.00. The third kappa shape index (κ3) is 4.48. The van der Waals surface area contributed by atoms with E-state index in [2.05, 4.69) is 62.0 Å². The van der Waals surface area contributed by atoms with Crippen LogP contribution in [0.4, 0.5) is 5.69 Å². The monoisotopic (exact) mass is 275 g/mol. The molecule has 1 aliphatic heterocycles. The molecule has 112 valence electrons. The van der Waals surface area contributed by atoms with Crippen molar-refractivity contribution in [2.75, 3.05) is 18.0 Å². The van der Waals surface area contributed by atoms with Gasteiger partial charge in [-0.1, -0.05) is 13.8 Å². The van der Waals surface area contributed by atoms with Crippen molar-refractivity contribution in [3.05, 3.63) is 24.0 Å². The fraction of sp³-hybridized carbons (Fsp3) is 0.706. The number of hydrogen-bond donors (Lipinski definition) is 1. The van der Waals surface area contributed by atoms with Gasteiger partial charge in [-0.15, -0.1) is 0 Å². The van der Waals surface area contributed by atoms with E-state index in [1.807, 2.05) is 6.20 Å². The van der Waals surface area contributed by atoms with Crippen molar-refractivity contribution in [2.45, 2.75) is 53.1 Å². The summed E-state index contributed by atoms with van der Waals surface area (Å²) >= 11 is 0. The average Bonchev–Trinajstić information content (AvgIpc) is 2.35. The molecule has 1 aliphatic rings. The first-order chi connectivity index (χ1) is 9.33. The van der Waals surface area contributed by atoms with Crippen LogP contribution in [-0.4, -0.2) is 23.6 Å². The number of nitrogens with one attached hydrogen (secondary N) is 1. The average molecular weight is 275 g/mol. The Morgan fingerprint density at radius 1 is 1.25 bits per heavy atom. The Balaban J connectivity index is 2.05. The molecule has 0 amide bonds. The van der Waals surface area contributed by atoms with Gasteiger partial charge in [-0.05, 0) is 51.2 Å². The summed E-state index contributed by atoms with van der Waals surface area (Å²) in [7, 11) is 0. The minimum atomic E-state index is 0.131. The summed E-state index contributed by atoms with van der Waals surface area (Å²) in [5.74, 6) is 1.56. The highest BCUT2D eigenvalue weighted by Gasteiger charge is 2.22. The number of anilines is 1. The van der Waals surface area contributed by atoms with E-state index in [4.69, 9.17) is 0 Å². The summed E-state index contributed by atoms with van der Waals surface area (Å²) in [6.45, 7) is 14.4. The molecule has 1 aromatic heterocycles. The first kappa shape index (κ1) is 15.3. The summed E-state index contributed by atoms with van der Waals surface area (Å²) in [5, 5.41) is 3.50. The van der Waals surface area contributed by atoms with Gasteiger partial charge in [0.2, 0.25) is 0 Å². The molecule has 1 aromatic rings. The van der Waals surface area contributed by atoms with Crippen LogP contribution in [0.2, 0.25) is 0 Å². The Bertz CT molecular complexity index is 426. The van der Waals surface area contributed by atoms with Gasteiger partial charge in [-0.25, -0.2) is 0 Å². The van der Waals surface area contributed by atoms with E-state index in [0.717, 1.165) is 24.1 Å². The van der Waals surface area contributed by atoms with Gasteiger partial charge in [-0.3, -0.25) is 4.98 Å². The molecule has 1 saturated heterocycles. The number of rotatable bonds is 3. The van der Waals surface area contributed by atoms with Gasteiger partial charge < -0.3 is 10.2 Å². The van der Waals surface area contributed by atoms with Crippen LogP contribution in [0, 0.1) is 11.8 Å². The molecular formula is C17H29N3. The third-order valence-corrected chi connectivity index (χ3v) is 3.83. The third-order valence-electron chi connectivity index (χ3n) is 3.83. The van der Waals surface area contributed by atoms with E-state index in [9.17, 15) is 0 Å². The Kier molecular flexibility index (Phi) is 4.69. The van der Waals surface area contributed by atoms with Gasteiger partial charge in [0, 0.05) is 37.1 Å². The van der Waals surface area contributed by atoms with Gasteiger partial charge in [0.1, 0.15) is 0 Å². The molecule has 0 spiro atoms. The van der Waals surface area contributed by atoms with Crippen molar-refractivity contribution in [3.8, 4) is 0 Å². The lowest BCUT2D eigenvalue weighted by atomic mass is 9.91. The molecule has 0 aromatic carbocycles. The van der Waals surface area contributed by atoms with E-state index in [-0.39, 0.29) is 5.54 Å². The maximum absolute atomic E-state index is 4.49. The van der Waals surface area contributed by atoms with E-state index in [1.54, 1.807) is 0 Å². The summed E-state index contributed by atoms with van der Waals surface area (Å²) in [6, 6.07) is 4.38. The van der Waals surface area contributed by atoms with E-state index in [0.29, 0.717) is 0 Å². The predicted molar refractivity (Wildman–Crippen MR) is 86.0 cm³/mol. The fourth-order valence-corrected chi connectivity index (χ4v) is 2.99. The Morgan fingerprint density at radius 2 is 1.90 bits per heavy atom. The van der Waals surface area contributed by atoms with Gasteiger partial charge in [0.25, 0.3) is 0 Å². The largest absolute Gasteiger partial charge is 0.371 e. The minimum absolute atomic E-state index is 0.131. The van der Waals surface area contributed by atoms with Crippen LogP contribution in [0.15, 0.2) is 18.3 Å². The number of hydrogen-bond acceptors (Lipinski definition) is 3. The van der Waals surface area contributed by atoms with Gasteiger partial charge in [0.05, 0.1) is 5.69 Å². The zero-order valence-electron chi connectivity index (χ0n) is 13.6. The molecule has 2 rings (SSSR count). The molecule has 20 heavy (non-hydrogen) atoms. The minimum Gasteiger partial charge on any atom is -0.371 e. The van der Waals surface area contributed by atoms with Crippen molar-refractivity contribution in [3.63, 3.8) is 0 Å². The molecular weight excluding hydrogens is 246 g/mol. The second-order valence-electron chi connectivity index (χ2n) is 7.46. The Hall–Kier alpha value is -1.09. The zero-order chi connectivity index (χ0) is 14.8. The number of nitrogens with zero attached hydrogens (tertiary/aromatic N) is 2. The molecule has 0 saturated carbocycles. The standard InChI is InChI=1S/C17H29N3/c1-13-8-14(2)12-20(11-13)16-6-7-18-15(9-16)10-19-17(3,4)5/h6-7,9,13-14,19H,8,10-12H2,1-5H3. The highest BCUT2D eigenvalue weighted by Crippen LogP contribution is 2.26. The van der Waals surface area contributed by atoms with Crippen LogP contribution >= 0.6 is 0 Å². The normalized spacial score (nSPS) is 23.9. The molecule has 0 radical (unpaired) electrons. The lowest BCUT2D eigenvalue weighted by Crippen LogP contribution is -2.39. The molecule has 1 N–H and O–H groups in total. The van der Waals surface area contributed by atoms with Crippen molar-refractivity contribution in [1.29, 1.82) is 0 Å². The highest BCUT2D eigenvalue weighted by molar-refractivity contribution is 5.47. The molecule has 0 bridgehead atoms. The molecule has 3 nitrogen and oxygen atoms in total. The van der Waals surface area contributed by atoms with E-state index >= 15 is 0 Å². The zero-order valence-corrected chi connectivity index (χ0v) is 13.6. The van der Waals surface area contributed by atoms with Crippen molar-refractivity contribution >= 4 is 5.69 Å². The SMILES string of the molecule is CC1CC(C)CN(c2ccnc(CNC(C)(C)C)c2)C1. The molecule has 0 aliphatic carbocycles. The van der Waals surface area contributed by atoms with Crippen molar-refractivity contribution < 1.29 is 0 Å². The van der Waals surface area contributed by atoms with Crippen LogP contribution in [0.1, 0.15) is 46.7 Å². The fourth-order valence-electron chi connectivity index (χ4n) is 2.99. The van der Waals surface area contributed by atoms with Gasteiger partial charge in [0.15, 0.2) is 0 Å². The van der Waals surface area contributed by atoms with Gasteiger partial charge in [-0.2, -0.15) is 0 Å². The molecule has 3 heteroatoms. The van der Waals surface area contributed by atoms with Crippen molar-refractivity contribution in [2.24, 2.45) is 11.8 Å². The van der Waals surface area contributed by atoms with Crippen LogP contribution in [0.5, 0.6) is 0 Å². The van der Waals surface area contributed by atoms with Crippen LogP contribution in [-0.2, 0) is 6.54 Å².